The molecule has 2 rings (SSSR count). The first-order valence-corrected chi connectivity index (χ1v) is 8.40. The monoisotopic (exact) mass is 280 g/mol. The van der Waals surface area contributed by atoms with E-state index >= 15 is 0 Å². The van der Waals surface area contributed by atoms with Gasteiger partial charge in [-0.1, -0.05) is 27.7 Å². The molecule has 0 aromatic carbocycles. The lowest BCUT2D eigenvalue weighted by molar-refractivity contribution is -0.142. The third kappa shape index (κ3) is 3.75. The van der Waals surface area contributed by atoms with Gasteiger partial charge in [0.05, 0.1) is 0 Å². The lowest BCUT2D eigenvalue weighted by Crippen LogP contribution is -2.46. The fourth-order valence-electron chi connectivity index (χ4n) is 4.19. The average molecular weight is 280 g/mol. The van der Waals surface area contributed by atoms with E-state index in [1.54, 1.807) is 0 Å². The lowest BCUT2D eigenvalue weighted by atomic mass is 9.80. The second-order valence-electron chi connectivity index (χ2n) is 7.86. The van der Waals surface area contributed by atoms with Gasteiger partial charge in [-0.3, -0.25) is 4.79 Å². The minimum Gasteiger partial charge on any atom is -0.342 e. The topological polar surface area (TPSA) is 32.3 Å². The predicted octanol–water partition coefficient (Wildman–Crippen LogP) is 2.91. The van der Waals surface area contributed by atoms with Crippen molar-refractivity contribution < 1.29 is 4.79 Å². The molecule has 1 atom stereocenters. The molecule has 0 bridgehead atoms. The fraction of sp³-hybridized carbons (Fsp3) is 0.941. The second-order valence-corrected chi connectivity index (χ2v) is 7.86. The SMILES string of the molecule is CC(C)CC(C)(C)C(=O)N1CCC(C2CCNC2)CC1. The van der Waals surface area contributed by atoms with Crippen LogP contribution in [-0.4, -0.2) is 37.0 Å². The standard InChI is InChI=1S/C17H32N2O/c1-13(2)11-17(3,4)16(20)19-9-6-14(7-10-19)15-5-8-18-12-15/h13-15,18H,5-12H2,1-4H3. The van der Waals surface area contributed by atoms with E-state index in [0.717, 1.165) is 31.3 Å². The van der Waals surface area contributed by atoms with Crippen molar-refractivity contribution in [2.75, 3.05) is 26.2 Å². The Kier molecular flexibility index (Phi) is 5.11. The molecule has 0 spiro atoms. The van der Waals surface area contributed by atoms with Gasteiger partial charge < -0.3 is 10.2 Å². The van der Waals surface area contributed by atoms with Crippen molar-refractivity contribution in [3.63, 3.8) is 0 Å². The molecule has 2 saturated heterocycles. The van der Waals surface area contributed by atoms with Crippen LogP contribution in [0, 0.1) is 23.2 Å². The van der Waals surface area contributed by atoms with E-state index in [2.05, 4.69) is 37.9 Å². The Labute approximate surface area is 124 Å². The summed E-state index contributed by atoms with van der Waals surface area (Å²) in [6.45, 7) is 13.0. The van der Waals surface area contributed by atoms with E-state index in [9.17, 15) is 4.79 Å². The summed E-state index contributed by atoms with van der Waals surface area (Å²) in [4.78, 5) is 14.8. The van der Waals surface area contributed by atoms with Gasteiger partial charge in [0.1, 0.15) is 0 Å². The molecule has 0 saturated carbocycles. The normalized spacial score (nSPS) is 25.4. The molecule has 2 aliphatic heterocycles. The van der Waals surface area contributed by atoms with Crippen LogP contribution in [0.15, 0.2) is 0 Å². The largest absolute Gasteiger partial charge is 0.342 e. The molecule has 3 heteroatoms. The summed E-state index contributed by atoms with van der Waals surface area (Å²) in [6.07, 6.45) is 4.72. The number of piperidine rings is 1. The zero-order chi connectivity index (χ0) is 14.8. The van der Waals surface area contributed by atoms with Gasteiger partial charge in [0.2, 0.25) is 5.91 Å². The molecule has 1 amide bonds. The summed E-state index contributed by atoms with van der Waals surface area (Å²) in [6, 6.07) is 0. The first kappa shape index (κ1) is 15.8. The third-order valence-corrected chi connectivity index (χ3v) is 5.09. The van der Waals surface area contributed by atoms with Crippen LogP contribution in [0.5, 0.6) is 0 Å². The number of hydrogen-bond acceptors (Lipinski definition) is 2. The van der Waals surface area contributed by atoms with Crippen molar-refractivity contribution >= 4 is 5.91 Å². The summed E-state index contributed by atoms with van der Waals surface area (Å²) in [5.41, 5.74) is -0.198. The van der Waals surface area contributed by atoms with Crippen LogP contribution in [0.25, 0.3) is 0 Å². The molecule has 3 nitrogen and oxygen atoms in total. The highest BCUT2D eigenvalue weighted by atomic mass is 16.2. The van der Waals surface area contributed by atoms with Crippen molar-refractivity contribution in [2.45, 2.75) is 53.4 Å². The van der Waals surface area contributed by atoms with Gasteiger partial charge in [-0.2, -0.15) is 0 Å². The molecule has 1 unspecified atom stereocenters. The highest BCUT2D eigenvalue weighted by Crippen LogP contribution is 2.33. The summed E-state index contributed by atoms with van der Waals surface area (Å²) < 4.78 is 0. The Bertz CT molecular complexity index is 324. The Balaban J connectivity index is 1.84. The van der Waals surface area contributed by atoms with Crippen molar-refractivity contribution in [1.29, 1.82) is 0 Å². The Morgan fingerprint density at radius 1 is 1.20 bits per heavy atom. The van der Waals surface area contributed by atoms with Crippen LogP contribution in [0.4, 0.5) is 0 Å². The Hall–Kier alpha value is -0.570. The van der Waals surface area contributed by atoms with E-state index < -0.39 is 0 Å². The van der Waals surface area contributed by atoms with Gasteiger partial charge in [0, 0.05) is 18.5 Å². The molecule has 0 radical (unpaired) electrons. The molecule has 2 aliphatic rings. The number of rotatable bonds is 4. The van der Waals surface area contributed by atoms with E-state index in [1.807, 2.05) is 0 Å². The fourth-order valence-corrected chi connectivity index (χ4v) is 4.19. The summed E-state index contributed by atoms with van der Waals surface area (Å²) in [7, 11) is 0. The number of nitrogens with one attached hydrogen (secondary N) is 1. The molecule has 2 heterocycles. The molecule has 1 N–H and O–H groups in total. The average Bonchev–Trinajstić information content (AvgIpc) is 2.90. The van der Waals surface area contributed by atoms with Crippen LogP contribution < -0.4 is 5.32 Å². The van der Waals surface area contributed by atoms with Crippen LogP contribution in [0.2, 0.25) is 0 Å². The first-order chi connectivity index (χ1) is 9.40. The second kappa shape index (κ2) is 6.46. The van der Waals surface area contributed by atoms with E-state index in [1.165, 1.54) is 32.4 Å². The molecule has 0 aromatic heterocycles. The van der Waals surface area contributed by atoms with Crippen LogP contribution in [0.1, 0.15) is 53.4 Å². The Morgan fingerprint density at radius 2 is 1.85 bits per heavy atom. The van der Waals surface area contributed by atoms with Crippen LogP contribution in [0.3, 0.4) is 0 Å². The van der Waals surface area contributed by atoms with Gasteiger partial charge in [0.25, 0.3) is 0 Å². The minimum absolute atomic E-state index is 0.198. The highest BCUT2D eigenvalue weighted by Gasteiger charge is 2.36. The van der Waals surface area contributed by atoms with Crippen LogP contribution >= 0.6 is 0 Å². The van der Waals surface area contributed by atoms with Crippen LogP contribution in [-0.2, 0) is 4.79 Å². The predicted molar refractivity (Wildman–Crippen MR) is 83.5 cm³/mol. The number of carbonyl (C=O) groups is 1. The highest BCUT2D eigenvalue weighted by molar-refractivity contribution is 5.82. The first-order valence-electron chi connectivity index (χ1n) is 8.40. The summed E-state index contributed by atoms with van der Waals surface area (Å²) in [5.74, 6) is 2.64. The number of likely N-dealkylation sites (tertiary alicyclic amines) is 1. The maximum absolute atomic E-state index is 12.7. The number of amides is 1. The molecule has 0 aliphatic carbocycles. The maximum atomic E-state index is 12.7. The maximum Gasteiger partial charge on any atom is 0.228 e. The summed E-state index contributed by atoms with van der Waals surface area (Å²) in [5, 5.41) is 3.47. The van der Waals surface area contributed by atoms with Gasteiger partial charge in [-0.25, -0.2) is 0 Å². The molecular weight excluding hydrogens is 248 g/mol. The van der Waals surface area contributed by atoms with Crippen molar-refractivity contribution in [3.8, 4) is 0 Å². The van der Waals surface area contributed by atoms with E-state index in [0.29, 0.717) is 11.8 Å². The van der Waals surface area contributed by atoms with Gasteiger partial charge >= 0.3 is 0 Å². The lowest BCUT2D eigenvalue weighted by Gasteiger charge is -2.39. The van der Waals surface area contributed by atoms with Crippen molar-refractivity contribution in [2.24, 2.45) is 23.2 Å². The number of hydrogen-bond donors (Lipinski definition) is 1. The van der Waals surface area contributed by atoms with E-state index in [-0.39, 0.29) is 5.41 Å². The van der Waals surface area contributed by atoms with Gasteiger partial charge in [-0.15, -0.1) is 0 Å². The quantitative estimate of drug-likeness (QED) is 0.859. The molecule has 20 heavy (non-hydrogen) atoms. The molecule has 2 fully saturated rings. The van der Waals surface area contributed by atoms with Crippen molar-refractivity contribution in [1.82, 2.24) is 10.2 Å². The Morgan fingerprint density at radius 3 is 2.35 bits per heavy atom. The number of nitrogens with zero attached hydrogens (tertiary/aromatic N) is 1. The summed E-state index contributed by atoms with van der Waals surface area (Å²) >= 11 is 0. The smallest absolute Gasteiger partial charge is 0.228 e. The molecule has 0 aromatic rings. The number of carbonyl (C=O) groups excluding carboxylic acids is 1. The minimum atomic E-state index is -0.198. The molecule has 116 valence electrons. The van der Waals surface area contributed by atoms with Crippen molar-refractivity contribution in [3.05, 3.63) is 0 Å². The zero-order valence-corrected chi connectivity index (χ0v) is 13.7. The molecular formula is C17H32N2O. The zero-order valence-electron chi connectivity index (χ0n) is 13.7. The third-order valence-electron chi connectivity index (χ3n) is 5.09. The van der Waals surface area contributed by atoms with Gasteiger partial charge in [-0.05, 0) is 56.5 Å². The van der Waals surface area contributed by atoms with E-state index in [4.69, 9.17) is 0 Å². The van der Waals surface area contributed by atoms with Gasteiger partial charge in [0.15, 0.2) is 0 Å².